The number of aryl methyl sites for hydroxylation is 1. The van der Waals surface area contributed by atoms with Gasteiger partial charge in [-0.2, -0.15) is 0 Å². The summed E-state index contributed by atoms with van der Waals surface area (Å²) in [6.45, 7) is 7.19. The van der Waals surface area contributed by atoms with E-state index in [1.807, 2.05) is 12.1 Å². The molecular weight excluding hydrogens is 548 g/mol. The van der Waals surface area contributed by atoms with E-state index in [4.69, 9.17) is 4.74 Å². The largest absolute Gasteiger partial charge is 0.508 e. The summed E-state index contributed by atoms with van der Waals surface area (Å²) in [5, 5.41) is 15.8. The molecule has 43 heavy (non-hydrogen) atoms. The first-order chi connectivity index (χ1) is 20.3. The van der Waals surface area contributed by atoms with Gasteiger partial charge in [0.15, 0.2) is 0 Å². The summed E-state index contributed by atoms with van der Waals surface area (Å²) >= 11 is 0. The number of phenols is 1. The molecule has 1 fully saturated rings. The predicted octanol–water partition coefficient (Wildman–Crippen LogP) is 3.86. The van der Waals surface area contributed by atoms with Gasteiger partial charge in [-0.15, -0.1) is 0 Å². The highest BCUT2D eigenvalue weighted by molar-refractivity contribution is 5.94. The fourth-order valence-electron chi connectivity index (χ4n) is 5.70. The van der Waals surface area contributed by atoms with E-state index in [0.717, 1.165) is 30.4 Å². The summed E-state index contributed by atoms with van der Waals surface area (Å²) in [7, 11) is 1.47. The van der Waals surface area contributed by atoms with E-state index in [1.54, 1.807) is 44.7 Å². The second kappa shape index (κ2) is 13.5. The Bertz CT molecular complexity index is 1320. The second-order valence-corrected chi connectivity index (χ2v) is 12.5. The molecule has 2 aliphatic rings. The number of fused-ring (bicyclic) bond motifs is 1. The Morgan fingerprint density at radius 3 is 2.44 bits per heavy atom. The molecule has 0 spiro atoms. The first-order valence-electron chi connectivity index (χ1n) is 15.1. The van der Waals surface area contributed by atoms with E-state index in [1.165, 1.54) is 29.6 Å². The monoisotopic (exact) mass is 592 g/mol. The van der Waals surface area contributed by atoms with Crippen molar-refractivity contribution in [3.05, 3.63) is 65.2 Å². The summed E-state index contributed by atoms with van der Waals surface area (Å²) in [5.41, 5.74) is 2.35. The van der Waals surface area contributed by atoms with Crippen LogP contribution in [0.5, 0.6) is 5.75 Å². The van der Waals surface area contributed by atoms with Crippen molar-refractivity contribution >= 4 is 23.8 Å². The van der Waals surface area contributed by atoms with E-state index >= 15 is 0 Å². The van der Waals surface area contributed by atoms with Crippen LogP contribution in [0.15, 0.2) is 48.5 Å². The standard InChI is InChI=1S/C33H44N4O6/c1-21(36(5)32(42)43-33(2,3)4)29(39)35-27(20-22-15-17-24(38)18-16-22)31(41)37-19-9-14-28(37)30(40)34-26-13-8-11-23-10-6-7-12-25(23)26/h6-7,10,12,15-18,21,26-28,38H,8-9,11,13-14,19-20H2,1-5H3,(H,34,40)(H,35,39)/t21-,26+,27-,28-/m0/s1. The van der Waals surface area contributed by atoms with E-state index < -0.39 is 35.7 Å². The van der Waals surface area contributed by atoms with Gasteiger partial charge in [0.25, 0.3) is 0 Å². The summed E-state index contributed by atoms with van der Waals surface area (Å²) in [6, 6.07) is 11.9. The molecule has 2 aromatic carbocycles. The van der Waals surface area contributed by atoms with Crippen LogP contribution in [0.25, 0.3) is 0 Å². The summed E-state index contributed by atoms with van der Waals surface area (Å²) in [6.07, 6.45) is 3.49. The summed E-state index contributed by atoms with van der Waals surface area (Å²) in [4.78, 5) is 56.4. The fourth-order valence-corrected chi connectivity index (χ4v) is 5.70. The molecule has 2 aromatic rings. The molecular formula is C33H44N4O6. The number of carbonyl (C=O) groups is 4. The quantitative estimate of drug-likeness (QED) is 0.427. The Morgan fingerprint density at radius 2 is 1.74 bits per heavy atom. The molecule has 0 radical (unpaired) electrons. The molecule has 4 atom stereocenters. The van der Waals surface area contributed by atoms with Gasteiger partial charge in [0.05, 0.1) is 6.04 Å². The maximum absolute atomic E-state index is 14.0. The van der Waals surface area contributed by atoms with Gasteiger partial charge in [0.2, 0.25) is 17.7 Å². The normalized spacial score (nSPS) is 19.5. The number of carbonyl (C=O) groups excluding carboxylic acids is 4. The number of hydrogen-bond acceptors (Lipinski definition) is 6. The minimum absolute atomic E-state index is 0.0869. The molecule has 10 heteroatoms. The number of aromatic hydroxyl groups is 1. The van der Waals surface area contributed by atoms with Gasteiger partial charge < -0.3 is 25.4 Å². The fraction of sp³-hybridized carbons (Fsp3) is 0.515. The highest BCUT2D eigenvalue weighted by Gasteiger charge is 2.39. The maximum atomic E-state index is 14.0. The Labute approximate surface area is 253 Å². The molecule has 1 aliphatic heterocycles. The maximum Gasteiger partial charge on any atom is 0.410 e. The summed E-state index contributed by atoms with van der Waals surface area (Å²) in [5.74, 6) is -0.996. The number of nitrogens with zero attached hydrogens (tertiary/aromatic N) is 2. The third-order valence-electron chi connectivity index (χ3n) is 8.16. The van der Waals surface area contributed by atoms with Crippen molar-refractivity contribution in [2.45, 2.75) is 96.0 Å². The zero-order valence-electron chi connectivity index (χ0n) is 25.8. The van der Waals surface area contributed by atoms with Gasteiger partial charge in [0.1, 0.15) is 29.5 Å². The first kappa shape index (κ1) is 31.8. The number of rotatable bonds is 8. The minimum atomic E-state index is -0.990. The van der Waals surface area contributed by atoms with Crippen LogP contribution in [0.1, 0.15) is 76.1 Å². The average molecular weight is 593 g/mol. The highest BCUT2D eigenvalue weighted by atomic mass is 16.6. The van der Waals surface area contributed by atoms with E-state index in [2.05, 4.69) is 22.8 Å². The lowest BCUT2D eigenvalue weighted by atomic mass is 9.87. The average Bonchev–Trinajstić information content (AvgIpc) is 3.46. The molecule has 232 valence electrons. The lowest BCUT2D eigenvalue weighted by Crippen LogP contribution is -2.57. The van der Waals surface area contributed by atoms with Crippen LogP contribution in [0.4, 0.5) is 4.79 Å². The van der Waals surface area contributed by atoms with Crippen molar-refractivity contribution in [2.24, 2.45) is 0 Å². The van der Waals surface area contributed by atoms with Crippen LogP contribution in [0, 0.1) is 0 Å². The molecule has 0 unspecified atom stereocenters. The summed E-state index contributed by atoms with van der Waals surface area (Å²) < 4.78 is 5.40. The number of nitrogens with one attached hydrogen (secondary N) is 2. The van der Waals surface area contributed by atoms with Crippen molar-refractivity contribution in [1.29, 1.82) is 0 Å². The van der Waals surface area contributed by atoms with Gasteiger partial charge in [-0.05, 0) is 88.6 Å². The first-order valence-corrected chi connectivity index (χ1v) is 15.1. The Kier molecular flexibility index (Phi) is 9.98. The molecule has 1 saturated heterocycles. The minimum Gasteiger partial charge on any atom is -0.508 e. The van der Waals surface area contributed by atoms with Crippen LogP contribution in [-0.4, -0.2) is 76.0 Å². The van der Waals surface area contributed by atoms with Crippen LogP contribution < -0.4 is 10.6 Å². The number of ether oxygens (including phenoxy) is 1. The van der Waals surface area contributed by atoms with Crippen LogP contribution in [-0.2, 0) is 32.0 Å². The van der Waals surface area contributed by atoms with Gasteiger partial charge in [-0.25, -0.2) is 4.79 Å². The lowest BCUT2D eigenvalue weighted by Gasteiger charge is -2.33. The van der Waals surface area contributed by atoms with E-state index in [9.17, 15) is 24.3 Å². The van der Waals surface area contributed by atoms with Gasteiger partial charge in [-0.1, -0.05) is 36.4 Å². The zero-order valence-corrected chi connectivity index (χ0v) is 25.8. The van der Waals surface area contributed by atoms with Crippen molar-refractivity contribution in [2.75, 3.05) is 13.6 Å². The molecule has 1 aliphatic carbocycles. The molecule has 4 rings (SSSR count). The van der Waals surface area contributed by atoms with Crippen molar-refractivity contribution in [1.82, 2.24) is 20.4 Å². The number of hydrogen-bond donors (Lipinski definition) is 3. The van der Waals surface area contributed by atoms with Crippen molar-refractivity contribution in [3.63, 3.8) is 0 Å². The lowest BCUT2D eigenvalue weighted by molar-refractivity contribution is -0.142. The number of amides is 4. The van der Waals surface area contributed by atoms with Crippen molar-refractivity contribution < 1.29 is 29.0 Å². The third-order valence-corrected chi connectivity index (χ3v) is 8.16. The molecule has 0 aromatic heterocycles. The molecule has 10 nitrogen and oxygen atoms in total. The molecule has 1 heterocycles. The number of likely N-dealkylation sites (tertiary alicyclic amines) is 1. The van der Waals surface area contributed by atoms with E-state index in [0.29, 0.717) is 19.4 Å². The van der Waals surface area contributed by atoms with Crippen molar-refractivity contribution in [3.8, 4) is 5.75 Å². The number of benzene rings is 2. The van der Waals surface area contributed by atoms with Gasteiger partial charge in [0, 0.05) is 20.0 Å². The topological polar surface area (TPSA) is 128 Å². The molecule has 3 N–H and O–H groups in total. The molecule has 0 saturated carbocycles. The third kappa shape index (κ3) is 8.06. The smallest absolute Gasteiger partial charge is 0.410 e. The van der Waals surface area contributed by atoms with Crippen LogP contribution in [0.2, 0.25) is 0 Å². The van der Waals surface area contributed by atoms with Gasteiger partial charge in [-0.3, -0.25) is 19.3 Å². The highest BCUT2D eigenvalue weighted by Crippen LogP contribution is 2.30. The Balaban J connectivity index is 1.50. The Hall–Kier alpha value is -4.08. The molecule has 0 bridgehead atoms. The Morgan fingerprint density at radius 1 is 1.05 bits per heavy atom. The number of likely N-dealkylation sites (N-methyl/N-ethyl adjacent to an activating group) is 1. The van der Waals surface area contributed by atoms with E-state index in [-0.39, 0.29) is 30.0 Å². The van der Waals surface area contributed by atoms with Gasteiger partial charge >= 0.3 is 6.09 Å². The predicted molar refractivity (Wildman–Crippen MR) is 162 cm³/mol. The van der Waals surface area contributed by atoms with Crippen LogP contribution in [0.3, 0.4) is 0 Å². The SMILES string of the molecule is C[C@@H](C(=O)N[C@@H](Cc1ccc(O)cc1)C(=O)N1CCC[C@H]1C(=O)N[C@@H]1CCCc2ccccc21)N(C)C(=O)OC(C)(C)C. The zero-order chi connectivity index (χ0) is 31.3. The molecule has 4 amide bonds. The second-order valence-electron chi connectivity index (χ2n) is 12.5. The number of phenolic OH excluding ortho intramolecular Hbond substituents is 1. The van der Waals surface area contributed by atoms with Crippen LogP contribution >= 0.6 is 0 Å².